The fourth-order valence-electron chi connectivity index (χ4n) is 3.22. The van der Waals surface area contributed by atoms with E-state index in [0.29, 0.717) is 11.4 Å². The lowest BCUT2D eigenvalue weighted by Crippen LogP contribution is -2.03. The Morgan fingerprint density at radius 3 is 2.75 bits per heavy atom. The molecule has 1 fully saturated rings. The van der Waals surface area contributed by atoms with Crippen molar-refractivity contribution >= 4 is 28.5 Å². The van der Waals surface area contributed by atoms with E-state index in [4.69, 9.17) is 11.6 Å². The van der Waals surface area contributed by atoms with Crippen LogP contribution >= 0.6 is 11.6 Å². The maximum atomic E-state index is 11.4. The first-order valence-corrected chi connectivity index (χ1v) is 8.57. The second-order valence-corrected chi connectivity index (χ2v) is 7.02. The molecule has 1 N–H and O–H groups in total. The van der Waals surface area contributed by atoms with Gasteiger partial charge in [0.1, 0.15) is 0 Å². The van der Waals surface area contributed by atoms with Crippen LogP contribution in [0.4, 0.5) is 0 Å². The number of halogens is 1. The van der Waals surface area contributed by atoms with Gasteiger partial charge in [0.2, 0.25) is 0 Å². The Hall–Kier alpha value is -2.26. The van der Waals surface area contributed by atoms with Gasteiger partial charge < -0.3 is 9.67 Å². The molecule has 3 aromatic rings. The summed E-state index contributed by atoms with van der Waals surface area (Å²) in [6.45, 7) is 1.10. The van der Waals surface area contributed by atoms with Crippen LogP contribution in [0.15, 0.2) is 48.7 Å². The summed E-state index contributed by atoms with van der Waals surface area (Å²) in [5.74, 6) is -0.100. The van der Waals surface area contributed by atoms with Crippen LogP contribution in [-0.4, -0.2) is 15.6 Å². The lowest BCUT2D eigenvalue weighted by Gasteiger charge is -2.08. The van der Waals surface area contributed by atoms with Gasteiger partial charge in [0.25, 0.3) is 0 Å². The Kier molecular flexibility index (Phi) is 3.81. The Morgan fingerprint density at radius 1 is 1.17 bits per heavy atom. The van der Waals surface area contributed by atoms with Crippen LogP contribution in [0.1, 0.15) is 34.3 Å². The maximum Gasteiger partial charge on any atom is 0.336 e. The van der Waals surface area contributed by atoms with Crippen molar-refractivity contribution in [3.05, 3.63) is 70.4 Å². The molecule has 0 atom stereocenters. The third-order valence-corrected chi connectivity index (χ3v) is 4.92. The van der Waals surface area contributed by atoms with Crippen molar-refractivity contribution in [2.45, 2.75) is 25.8 Å². The normalized spacial score (nSPS) is 14.2. The first-order valence-electron chi connectivity index (χ1n) is 8.19. The minimum Gasteiger partial charge on any atom is -0.478 e. The van der Waals surface area contributed by atoms with E-state index in [9.17, 15) is 9.90 Å². The topological polar surface area (TPSA) is 42.2 Å². The SMILES string of the molecule is O=C(O)c1cc(Cl)ccc1Cc1ccc2c(ccn2CC2CC2)c1. The Labute approximate surface area is 145 Å². The van der Waals surface area contributed by atoms with Gasteiger partial charge in [-0.3, -0.25) is 0 Å². The van der Waals surface area contributed by atoms with Crippen LogP contribution < -0.4 is 0 Å². The van der Waals surface area contributed by atoms with Gasteiger partial charge in [0, 0.05) is 23.3 Å². The van der Waals surface area contributed by atoms with Crippen LogP contribution in [0.2, 0.25) is 5.02 Å². The molecule has 0 amide bonds. The monoisotopic (exact) mass is 339 g/mol. The summed E-state index contributed by atoms with van der Waals surface area (Å²) in [6.07, 6.45) is 5.42. The van der Waals surface area contributed by atoms with Gasteiger partial charge >= 0.3 is 5.97 Å². The highest BCUT2D eigenvalue weighted by atomic mass is 35.5. The molecular formula is C20H18ClNO2. The van der Waals surface area contributed by atoms with E-state index < -0.39 is 5.97 Å². The molecule has 1 aliphatic carbocycles. The maximum absolute atomic E-state index is 11.4. The van der Waals surface area contributed by atoms with Crippen molar-refractivity contribution in [1.29, 1.82) is 0 Å². The predicted molar refractivity (Wildman–Crippen MR) is 95.9 cm³/mol. The van der Waals surface area contributed by atoms with E-state index in [1.165, 1.54) is 29.8 Å². The molecule has 0 radical (unpaired) electrons. The third-order valence-electron chi connectivity index (χ3n) is 4.68. The molecule has 3 nitrogen and oxygen atoms in total. The zero-order valence-corrected chi connectivity index (χ0v) is 14.0. The highest BCUT2D eigenvalue weighted by Gasteiger charge is 2.22. The molecule has 1 heterocycles. The summed E-state index contributed by atoms with van der Waals surface area (Å²) in [7, 11) is 0. The summed E-state index contributed by atoms with van der Waals surface area (Å²) in [6, 6.07) is 13.6. The lowest BCUT2D eigenvalue weighted by molar-refractivity contribution is 0.0696. The van der Waals surface area contributed by atoms with Crippen LogP contribution in [-0.2, 0) is 13.0 Å². The number of benzene rings is 2. The smallest absolute Gasteiger partial charge is 0.336 e. The van der Waals surface area contributed by atoms with Crippen LogP contribution in [0, 0.1) is 5.92 Å². The molecule has 0 unspecified atom stereocenters. The Morgan fingerprint density at radius 2 is 2.00 bits per heavy atom. The predicted octanol–water partition coefficient (Wildman–Crippen LogP) is 4.99. The van der Waals surface area contributed by atoms with Gasteiger partial charge in [-0.05, 0) is 72.0 Å². The van der Waals surface area contributed by atoms with Gasteiger partial charge in [-0.2, -0.15) is 0 Å². The minimum atomic E-state index is -0.941. The molecule has 1 aromatic heterocycles. The quantitative estimate of drug-likeness (QED) is 0.711. The highest BCUT2D eigenvalue weighted by Crippen LogP contribution is 2.32. The van der Waals surface area contributed by atoms with Gasteiger partial charge in [-0.1, -0.05) is 23.7 Å². The van der Waals surface area contributed by atoms with E-state index in [1.807, 2.05) is 0 Å². The van der Waals surface area contributed by atoms with Crippen LogP contribution in [0.3, 0.4) is 0 Å². The van der Waals surface area contributed by atoms with Crippen molar-refractivity contribution < 1.29 is 9.90 Å². The van der Waals surface area contributed by atoms with Gasteiger partial charge in [0.15, 0.2) is 0 Å². The average molecular weight is 340 g/mol. The number of hydrogen-bond acceptors (Lipinski definition) is 1. The third kappa shape index (κ3) is 3.04. The van der Waals surface area contributed by atoms with E-state index in [0.717, 1.165) is 23.6 Å². The van der Waals surface area contributed by atoms with E-state index in [1.54, 1.807) is 12.1 Å². The van der Waals surface area contributed by atoms with Crippen LogP contribution in [0.25, 0.3) is 10.9 Å². The largest absolute Gasteiger partial charge is 0.478 e. The molecule has 1 saturated carbocycles. The number of fused-ring (bicyclic) bond motifs is 1. The van der Waals surface area contributed by atoms with Crippen molar-refractivity contribution in [3.8, 4) is 0 Å². The number of aromatic nitrogens is 1. The highest BCUT2D eigenvalue weighted by molar-refractivity contribution is 6.31. The van der Waals surface area contributed by atoms with E-state index in [2.05, 4.69) is 35.0 Å². The fraction of sp³-hybridized carbons (Fsp3) is 0.250. The van der Waals surface area contributed by atoms with E-state index in [-0.39, 0.29) is 5.56 Å². The first-order chi connectivity index (χ1) is 11.6. The standard InChI is InChI=1S/C20H18ClNO2/c21-17-5-4-15(18(11-17)20(23)24)9-14-3-6-19-16(10-14)7-8-22(19)12-13-1-2-13/h3-8,10-11,13H,1-2,9,12H2,(H,23,24). The number of hydrogen-bond donors (Lipinski definition) is 1. The summed E-state index contributed by atoms with van der Waals surface area (Å²) in [4.78, 5) is 11.4. The number of aromatic carboxylic acids is 1. The second-order valence-electron chi connectivity index (χ2n) is 6.59. The minimum absolute atomic E-state index is 0.272. The number of rotatable bonds is 5. The summed E-state index contributed by atoms with van der Waals surface area (Å²) >= 11 is 5.93. The second kappa shape index (κ2) is 5.99. The molecule has 24 heavy (non-hydrogen) atoms. The molecule has 4 heteroatoms. The van der Waals surface area contributed by atoms with Crippen LogP contribution in [0.5, 0.6) is 0 Å². The first kappa shape index (κ1) is 15.3. The molecule has 122 valence electrons. The average Bonchev–Trinajstić information content (AvgIpc) is 3.29. The van der Waals surface area contributed by atoms with Gasteiger partial charge in [-0.15, -0.1) is 0 Å². The molecular weight excluding hydrogens is 322 g/mol. The molecule has 0 aliphatic heterocycles. The van der Waals surface area contributed by atoms with Gasteiger partial charge in [-0.25, -0.2) is 4.79 Å². The zero-order chi connectivity index (χ0) is 16.7. The van der Waals surface area contributed by atoms with E-state index >= 15 is 0 Å². The van der Waals surface area contributed by atoms with Crippen molar-refractivity contribution in [2.24, 2.45) is 5.92 Å². The molecule has 0 spiro atoms. The molecule has 4 rings (SSSR count). The zero-order valence-electron chi connectivity index (χ0n) is 13.2. The van der Waals surface area contributed by atoms with Gasteiger partial charge in [0.05, 0.1) is 5.56 Å². The van der Waals surface area contributed by atoms with Crippen molar-refractivity contribution in [3.63, 3.8) is 0 Å². The summed E-state index contributed by atoms with van der Waals surface area (Å²) in [5.41, 5.74) is 3.41. The molecule has 0 bridgehead atoms. The number of carbonyl (C=O) groups is 1. The number of carboxylic acid groups (broad SMARTS) is 1. The fourth-order valence-corrected chi connectivity index (χ4v) is 3.39. The Bertz CT molecular complexity index is 925. The molecule has 2 aromatic carbocycles. The molecule has 1 aliphatic rings. The Balaban J connectivity index is 1.64. The number of nitrogens with zero attached hydrogens (tertiary/aromatic N) is 1. The summed E-state index contributed by atoms with van der Waals surface area (Å²) in [5, 5.41) is 11.0. The lowest BCUT2D eigenvalue weighted by atomic mass is 9.99. The number of carboxylic acids is 1. The van der Waals surface area contributed by atoms with Crippen molar-refractivity contribution in [1.82, 2.24) is 4.57 Å². The van der Waals surface area contributed by atoms with Crippen molar-refractivity contribution in [2.75, 3.05) is 0 Å². The molecule has 0 saturated heterocycles. The summed E-state index contributed by atoms with van der Waals surface area (Å²) < 4.78 is 2.32.